The lowest BCUT2D eigenvalue weighted by molar-refractivity contribution is 0.799. The Morgan fingerprint density at radius 3 is 2.88 bits per heavy atom. The number of thiophene rings is 1. The molecule has 0 radical (unpaired) electrons. The van der Waals surface area contributed by atoms with E-state index in [0.29, 0.717) is 0 Å². The molecule has 0 saturated heterocycles. The maximum Gasteiger partial charge on any atom is 0.0346 e. The molecule has 1 N–H and O–H groups in total. The highest BCUT2D eigenvalue weighted by molar-refractivity contribution is 9.10. The molecule has 16 heavy (non-hydrogen) atoms. The number of likely N-dealkylation sites (N-methyl/N-ethyl adjacent to an activating group) is 1. The Hall–Kier alpha value is -0.640. The van der Waals surface area contributed by atoms with Crippen LogP contribution in [0.4, 0.5) is 0 Å². The first kappa shape index (κ1) is 11.8. The SMILES string of the molecule is CNCCc1ccc(-c2cccc(Br)c2)s1. The van der Waals surface area contributed by atoms with Crippen LogP contribution in [0.25, 0.3) is 10.4 Å². The van der Waals surface area contributed by atoms with E-state index in [0.717, 1.165) is 17.4 Å². The third-order valence-corrected chi connectivity index (χ3v) is 4.08. The second kappa shape index (κ2) is 5.62. The van der Waals surface area contributed by atoms with Crippen molar-refractivity contribution in [2.75, 3.05) is 13.6 Å². The van der Waals surface area contributed by atoms with Crippen molar-refractivity contribution in [1.29, 1.82) is 0 Å². The van der Waals surface area contributed by atoms with Crippen LogP contribution in [0.2, 0.25) is 0 Å². The van der Waals surface area contributed by atoms with E-state index in [4.69, 9.17) is 0 Å². The molecule has 0 unspecified atom stereocenters. The van der Waals surface area contributed by atoms with E-state index in [1.807, 2.05) is 18.4 Å². The molecule has 1 aromatic heterocycles. The first-order valence-electron chi connectivity index (χ1n) is 5.29. The maximum absolute atomic E-state index is 3.50. The number of hydrogen-bond donors (Lipinski definition) is 1. The van der Waals surface area contributed by atoms with Gasteiger partial charge in [-0.15, -0.1) is 11.3 Å². The zero-order chi connectivity index (χ0) is 11.4. The lowest BCUT2D eigenvalue weighted by Gasteiger charge is -1.98. The molecule has 0 amide bonds. The highest BCUT2D eigenvalue weighted by Crippen LogP contribution is 2.29. The smallest absolute Gasteiger partial charge is 0.0346 e. The Bertz CT molecular complexity index is 464. The van der Waals surface area contributed by atoms with Gasteiger partial charge in [-0.25, -0.2) is 0 Å². The van der Waals surface area contributed by atoms with Gasteiger partial charge in [-0.1, -0.05) is 28.1 Å². The molecule has 0 bridgehead atoms. The van der Waals surface area contributed by atoms with Crippen molar-refractivity contribution in [3.8, 4) is 10.4 Å². The molecular formula is C13H14BrNS. The Morgan fingerprint density at radius 1 is 1.25 bits per heavy atom. The molecule has 2 aromatic rings. The molecular weight excluding hydrogens is 282 g/mol. The highest BCUT2D eigenvalue weighted by Gasteiger charge is 2.02. The summed E-state index contributed by atoms with van der Waals surface area (Å²) in [5, 5.41) is 3.17. The molecule has 0 spiro atoms. The summed E-state index contributed by atoms with van der Waals surface area (Å²) in [4.78, 5) is 2.77. The van der Waals surface area contributed by atoms with Gasteiger partial charge in [-0.3, -0.25) is 0 Å². The van der Waals surface area contributed by atoms with Crippen molar-refractivity contribution in [1.82, 2.24) is 5.32 Å². The van der Waals surface area contributed by atoms with Gasteiger partial charge in [0.25, 0.3) is 0 Å². The van der Waals surface area contributed by atoms with Crippen molar-refractivity contribution in [2.45, 2.75) is 6.42 Å². The van der Waals surface area contributed by atoms with E-state index in [9.17, 15) is 0 Å². The number of nitrogens with one attached hydrogen (secondary N) is 1. The average Bonchev–Trinajstić information content (AvgIpc) is 2.75. The first-order valence-corrected chi connectivity index (χ1v) is 6.90. The van der Waals surface area contributed by atoms with E-state index >= 15 is 0 Å². The van der Waals surface area contributed by atoms with E-state index in [2.05, 4.69) is 57.6 Å². The van der Waals surface area contributed by atoms with Crippen LogP contribution in [0.3, 0.4) is 0 Å². The number of halogens is 1. The molecule has 1 heterocycles. The minimum Gasteiger partial charge on any atom is -0.319 e. The Labute approximate surface area is 109 Å². The third-order valence-electron chi connectivity index (χ3n) is 2.39. The number of benzene rings is 1. The summed E-state index contributed by atoms with van der Waals surface area (Å²) in [6, 6.07) is 12.9. The number of rotatable bonds is 4. The van der Waals surface area contributed by atoms with Crippen LogP contribution in [-0.4, -0.2) is 13.6 Å². The highest BCUT2D eigenvalue weighted by atomic mass is 79.9. The van der Waals surface area contributed by atoms with E-state index in [-0.39, 0.29) is 0 Å². The zero-order valence-corrected chi connectivity index (χ0v) is 11.6. The van der Waals surface area contributed by atoms with Crippen LogP contribution in [0.15, 0.2) is 40.9 Å². The van der Waals surface area contributed by atoms with Gasteiger partial charge < -0.3 is 5.32 Å². The summed E-state index contributed by atoms with van der Waals surface area (Å²) in [6.07, 6.45) is 1.11. The van der Waals surface area contributed by atoms with Crippen molar-refractivity contribution in [2.24, 2.45) is 0 Å². The molecule has 3 heteroatoms. The van der Waals surface area contributed by atoms with Crippen molar-refractivity contribution in [3.05, 3.63) is 45.7 Å². The maximum atomic E-state index is 3.50. The van der Waals surface area contributed by atoms with Crippen LogP contribution >= 0.6 is 27.3 Å². The van der Waals surface area contributed by atoms with Crippen LogP contribution < -0.4 is 5.32 Å². The second-order valence-corrected chi connectivity index (χ2v) is 5.71. The summed E-state index contributed by atoms with van der Waals surface area (Å²) >= 11 is 5.38. The summed E-state index contributed by atoms with van der Waals surface area (Å²) < 4.78 is 1.13. The van der Waals surface area contributed by atoms with E-state index < -0.39 is 0 Å². The van der Waals surface area contributed by atoms with Gasteiger partial charge >= 0.3 is 0 Å². The summed E-state index contributed by atoms with van der Waals surface area (Å²) in [6.45, 7) is 1.04. The zero-order valence-electron chi connectivity index (χ0n) is 9.16. The largest absolute Gasteiger partial charge is 0.319 e. The predicted molar refractivity (Wildman–Crippen MR) is 75.1 cm³/mol. The Kier molecular flexibility index (Phi) is 4.16. The van der Waals surface area contributed by atoms with E-state index in [1.54, 1.807) is 0 Å². The van der Waals surface area contributed by atoms with Gasteiger partial charge in [-0.2, -0.15) is 0 Å². The van der Waals surface area contributed by atoms with Gasteiger partial charge in [-0.05, 0) is 49.8 Å². The van der Waals surface area contributed by atoms with Crippen molar-refractivity contribution >= 4 is 27.3 Å². The lowest BCUT2D eigenvalue weighted by atomic mass is 10.2. The van der Waals surface area contributed by atoms with Gasteiger partial charge in [0, 0.05) is 14.2 Å². The molecule has 0 atom stereocenters. The first-order chi connectivity index (χ1) is 7.79. The van der Waals surface area contributed by atoms with Gasteiger partial charge in [0.05, 0.1) is 0 Å². The molecule has 2 rings (SSSR count). The number of hydrogen-bond acceptors (Lipinski definition) is 2. The molecule has 0 aliphatic carbocycles. The molecule has 0 fully saturated rings. The van der Waals surface area contributed by atoms with Crippen LogP contribution in [-0.2, 0) is 6.42 Å². The lowest BCUT2D eigenvalue weighted by Crippen LogP contribution is -2.09. The standard InChI is InChI=1S/C13H14BrNS/c1-15-8-7-12-5-6-13(16-12)10-3-2-4-11(14)9-10/h2-6,9,15H,7-8H2,1H3. The fourth-order valence-electron chi connectivity index (χ4n) is 1.56. The normalized spacial score (nSPS) is 10.6. The summed E-state index contributed by atoms with van der Waals surface area (Å²) in [7, 11) is 1.99. The predicted octanol–water partition coefficient (Wildman–Crippen LogP) is 3.94. The fraction of sp³-hybridized carbons (Fsp3) is 0.231. The molecule has 0 saturated carbocycles. The van der Waals surface area contributed by atoms with Crippen molar-refractivity contribution < 1.29 is 0 Å². The van der Waals surface area contributed by atoms with E-state index in [1.165, 1.54) is 15.3 Å². The minimum atomic E-state index is 1.04. The van der Waals surface area contributed by atoms with Crippen LogP contribution in [0.1, 0.15) is 4.88 Å². The third kappa shape index (κ3) is 2.94. The fourth-order valence-corrected chi connectivity index (χ4v) is 2.96. The second-order valence-electron chi connectivity index (χ2n) is 3.63. The Balaban J connectivity index is 2.18. The topological polar surface area (TPSA) is 12.0 Å². The van der Waals surface area contributed by atoms with Crippen LogP contribution in [0, 0.1) is 0 Å². The van der Waals surface area contributed by atoms with Gasteiger partial charge in [0.1, 0.15) is 0 Å². The van der Waals surface area contributed by atoms with Crippen molar-refractivity contribution in [3.63, 3.8) is 0 Å². The van der Waals surface area contributed by atoms with Gasteiger partial charge in [0.2, 0.25) is 0 Å². The minimum absolute atomic E-state index is 1.04. The quantitative estimate of drug-likeness (QED) is 0.901. The average molecular weight is 296 g/mol. The molecule has 0 aliphatic rings. The monoisotopic (exact) mass is 295 g/mol. The van der Waals surface area contributed by atoms with Gasteiger partial charge in [0.15, 0.2) is 0 Å². The van der Waals surface area contributed by atoms with Crippen LogP contribution in [0.5, 0.6) is 0 Å². The molecule has 1 aromatic carbocycles. The molecule has 1 nitrogen and oxygen atoms in total. The Morgan fingerprint density at radius 2 is 2.12 bits per heavy atom. The molecule has 0 aliphatic heterocycles. The summed E-state index contributed by atoms with van der Waals surface area (Å²) in [5.41, 5.74) is 1.29. The molecule has 84 valence electrons. The summed E-state index contributed by atoms with van der Waals surface area (Å²) in [5.74, 6) is 0.